The molecule has 0 aliphatic heterocycles. The molecule has 0 aromatic heterocycles. The lowest BCUT2D eigenvalue weighted by atomic mass is 9.94. The van der Waals surface area contributed by atoms with Gasteiger partial charge in [0.25, 0.3) is 8.32 Å². The summed E-state index contributed by atoms with van der Waals surface area (Å²) in [5.41, 5.74) is 6.83. The van der Waals surface area contributed by atoms with Crippen molar-refractivity contribution in [3.05, 3.63) is 228 Å². The third-order valence-electron chi connectivity index (χ3n) is 14.4. The summed E-state index contributed by atoms with van der Waals surface area (Å²) in [7, 11) is -3.28. The lowest BCUT2D eigenvalue weighted by molar-refractivity contribution is -0.180. The van der Waals surface area contributed by atoms with Crippen LogP contribution in [0.3, 0.4) is 0 Å². The number of unbranched alkanes of at least 4 members (excludes halogenated alkanes) is 1. The number of amides is 1. The van der Waals surface area contributed by atoms with Crippen LogP contribution in [-0.2, 0) is 57.5 Å². The predicted molar refractivity (Wildman–Crippen MR) is 305 cm³/mol. The molecule has 8 rings (SSSR count). The van der Waals surface area contributed by atoms with Gasteiger partial charge < -0.3 is 33.0 Å². The van der Waals surface area contributed by atoms with E-state index in [4.69, 9.17) is 28.1 Å². The number of carbonyl (C=O) groups is 3. The molecular weight excluding hydrogens is 979 g/mol. The van der Waals surface area contributed by atoms with Gasteiger partial charge >= 0.3 is 12.1 Å². The summed E-state index contributed by atoms with van der Waals surface area (Å²) in [5.74, 6) is -1.17. The van der Waals surface area contributed by atoms with Gasteiger partial charge in [-0.3, -0.25) is 9.59 Å². The Morgan fingerprint density at radius 1 is 0.545 bits per heavy atom. The van der Waals surface area contributed by atoms with Crippen LogP contribution in [0.2, 0.25) is 5.04 Å². The molecule has 7 aromatic rings. The molecule has 0 radical (unpaired) electrons. The second-order valence-corrected chi connectivity index (χ2v) is 24.9. The van der Waals surface area contributed by atoms with Crippen LogP contribution in [-0.4, -0.2) is 81.8 Å². The van der Waals surface area contributed by atoms with Crippen LogP contribution >= 0.6 is 0 Å². The second kappa shape index (κ2) is 27.4. The van der Waals surface area contributed by atoms with Gasteiger partial charge in [-0.15, -0.1) is 0 Å². The average Bonchev–Trinajstić information content (AvgIpc) is 3.85. The maximum absolute atomic E-state index is 15.9. The van der Waals surface area contributed by atoms with Gasteiger partial charge in [-0.1, -0.05) is 234 Å². The Bertz CT molecular complexity index is 2850. The standard InChI is InChI=1S/C66H73NO9Si/c1-6-8-42-67(65(70)75-47-58-56-40-26-24-38-54(56)55-39-25-27-41-57(55)58)59(43-61(69)71-7-2)62(72-44-49-28-14-9-15-29-49)64(74-46-51-32-18-11-19-33-51)63(73-45-50-30-16-10-17-31-50)60(68)48-76-77(66(3,4)5,52-34-20-12-21-35-52)53-36-22-13-23-37-53/h9-41,58-59,62-64H,6-8,42-48H2,1-5H3/t59-,62+,63-,64-/m1/s1. The van der Waals surface area contributed by atoms with E-state index in [1.807, 2.05) is 159 Å². The van der Waals surface area contributed by atoms with Crippen molar-refractivity contribution in [2.24, 2.45) is 0 Å². The molecule has 0 saturated carbocycles. The summed E-state index contributed by atoms with van der Waals surface area (Å²) >= 11 is 0. The van der Waals surface area contributed by atoms with Crippen molar-refractivity contribution in [3.63, 3.8) is 0 Å². The minimum absolute atomic E-state index is 0.0293. The predicted octanol–water partition coefficient (Wildman–Crippen LogP) is 12.3. The molecule has 11 heteroatoms. The Morgan fingerprint density at radius 2 is 0.987 bits per heavy atom. The molecule has 7 aromatic carbocycles. The molecular formula is C66H73NO9Si. The fourth-order valence-corrected chi connectivity index (χ4v) is 15.2. The van der Waals surface area contributed by atoms with Crippen LogP contribution in [0.15, 0.2) is 200 Å². The monoisotopic (exact) mass is 1050 g/mol. The van der Waals surface area contributed by atoms with Crippen LogP contribution in [0.1, 0.15) is 87.6 Å². The number of carbonyl (C=O) groups excluding carboxylic acids is 3. The zero-order valence-electron chi connectivity index (χ0n) is 45.1. The number of benzene rings is 7. The van der Waals surface area contributed by atoms with E-state index in [0.717, 1.165) is 55.7 Å². The summed E-state index contributed by atoms with van der Waals surface area (Å²) < 4.78 is 40.9. The first-order valence-electron chi connectivity index (χ1n) is 27.0. The summed E-state index contributed by atoms with van der Waals surface area (Å²) in [6.45, 7) is 10.4. The van der Waals surface area contributed by atoms with E-state index in [1.54, 1.807) is 11.8 Å². The highest BCUT2D eigenvalue weighted by Crippen LogP contribution is 2.45. The minimum atomic E-state index is -3.28. The number of esters is 1. The number of hydrogen-bond acceptors (Lipinski definition) is 9. The van der Waals surface area contributed by atoms with Gasteiger partial charge in [-0.05, 0) is 67.7 Å². The topological polar surface area (TPSA) is 110 Å². The first-order chi connectivity index (χ1) is 37.5. The van der Waals surface area contributed by atoms with Crippen molar-refractivity contribution in [1.29, 1.82) is 0 Å². The van der Waals surface area contributed by atoms with E-state index in [2.05, 4.69) is 69.3 Å². The summed E-state index contributed by atoms with van der Waals surface area (Å²) in [6, 6.07) is 64.7. The largest absolute Gasteiger partial charge is 0.466 e. The van der Waals surface area contributed by atoms with Gasteiger partial charge in [0, 0.05) is 12.5 Å². The summed E-state index contributed by atoms with van der Waals surface area (Å²) in [5, 5.41) is 1.57. The lowest BCUT2D eigenvalue weighted by Gasteiger charge is -2.44. The van der Waals surface area contributed by atoms with Crippen LogP contribution < -0.4 is 10.4 Å². The third kappa shape index (κ3) is 14.0. The Morgan fingerprint density at radius 3 is 1.45 bits per heavy atom. The second-order valence-electron chi connectivity index (χ2n) is 20.6. The van der Waals surface area contributed by atoms with E-state index < -0.39 is 55.6 Å². The Kier molecular flexibility index (Phi) is 20.0. The Hall–Kier alpha value is -6.99. The molecule has 4 atom stereocenters. The van der Waals surface area contributed by atoms with Crippen LogP contribution in [0.4, 0.5) is 4.79 Å². The van der Waals surface area contributed by atoms with E-state index in [0.29, 0.717) is 6.42 Å². The highest BCUT2D eigenvalue weighted by Gasteiger charge is 2.52. The fourth-order valence-electron chi connectivity index (χ4n) is 10.7. The van der Waals surface area contributed by atoms with Crippen molar-refractivity contribution in [1.82, 2.24) is 4.90 Å². The van der Waals surface area contributed by atoms with Gasteiger partial charge in [0.1, 0.15) is 24.9 Å². The van der Waals surface area contributed by atoms with Crippen LogP contribution in [0.5, 0.6) is 0 Å². The zero-order valence-corrected chi connectivity index (χ0v) is 46.1. The van der Waals surface area contributed by atoms with Gasteiger partial charge in [-0.2, -0.15) is 0 Å². The smallest absolute Gasteiger partial charge is 0.410 e. The molecule has 1 aliphatic rings. The number of fused-ring (bicyclic) bond motifs is 3. The number of nitrogens with zero attached hydrogens (tertiary/aromatic N) is 1. The molecule has 0 heterocycles. The normalized spacial score (nSPS) is 13.9. The molecule has 0 unspecified atom stereocenters. The molecule has 0 fully saturated rings. The van der Waals surface area contributed by atoms with Crippen LogP contribution in [0.25, 0.3) is 11.1 Å². The van der Waals surface area contributed by atoms with Gasteiger partial charge in [-0.25, -0.2) is 4.79 Å². The number of ether oxygens (including phenoxy) is 5. The van der Waals surface area contributed by atoms with E-state index >= 15 is 9.59 Å². The summed E-state index contributed by atoms with van der Waals surface area (Å²) in [4.78, 5) is 47.1. The third-order valence-corrected chi connectivity index (χ3v) is 19.4. The van der Waals surface area contributed by atoms with Gasteiger partial charge in [0.05, 0.1) is 45.5 Å². The van der Waals surface area contributed by atoms with E-state index in [1.165, 1.54) is 0 Å². The Balaban J connectivity index is 1.25. The molecule has 400 valence electrons. The number of ketones is 1. The van der Waals surface area contributed by atoms with E-state index in [-0.39, 0.29) is 58.5 Å². The molecule has 10 nitrogen and oxygen atoms in total. The van der Waals surface area contributed by atoms with Crippen molar-refractivity contribution in [2.45, 2.75) is 109 Å². The van der Waals surface area contributed by atoms with Crippen molar-refractivity contribution in [3.8, 4) is 11.1 Å². The number of Topliss-reactive ketones (excluding diaryl/α,β-unsaturated/α-hetero) is 1. The van der Waals surface area contributed by atoms with Crippen molar-refractivity contribution < 1.29 is 42.5 Å². The fraction of sp³-hybridized carbons (Fsp3) is 0.318. The summed E-state index contributed by atoms with van der Waals surface area (Å²) in [6.07, 6.45) is -3.44. The maximum Gasteiger partial charge on any atom is 0.410 e. The molecule has 0 N–H and O–H groups in total. The first kappa shape index (κ1) is 56.2. The number of hydrogen-bond donors (Lipinski definition) is 0. The van der Waals surface area contributed by atoms with Crippen molar-refractivity contribution in [2.75, 3.05) is 26.4 Å². The molecule has 0 bridgehead atoms. The highest BCUT2D eigenvalue weighted by molar-refractivity contribution is 6.99. The number of rotatable bonds is 27. The molecule has 77 heavy (non-hydrogen) atoms. The Labute approximate surface area is 456 Å². The van der Waals surface area contributed by atoms with Gasteiger partial charge in [0.2, 0.25) is 0 Å². The van der Waals surface area contributed by atoms with E-state index in [9.17, 15) is 4.79 Å². The quantitative estimate of drug-likeness (QED) is 0.0367. The van der Waals surface area contributed by atoms with Crippen LogP contribution in [0, 0.1) is 0 Å². The molecule has 1 aliphatic carbocycles. The molecule has 0 saturated heterocycles. The molecule has 0 spiro atoms. The average molecular weight is 1050 g/mol. The minimum Gasteiger partial charge on any atom is -0.466 e. The van der Waals surface area contributed by atoms with Crippen molar-refractivity contribution >= 4 is 36.5 Å². The SMILES string of the molecule is CCCCN(C(=O)OCC1c2ccccc2-c2ccccc21)[C@H](CC(=O)OCC)[C@H](OCc1ccccc1)[C@@H](OCc1ccccc1)[C@H](OCc1ccccc1)C(=O)CO[Si](c1ccccc1)(c1ccccc1)C(C)(C)C. The highest BCUT2D eigenvalue weighted by atomic mass is 28.4. The lowest BCUT2D eigenvalue weighted by Crippen LogP contribution is -2.67. The maximum atomic E-state index is 15.9. The first-order valence-corrected chi connectivity index (χ1v) is 28.9. The molecule has 1 amide bonds. The zero-order chi connectivity index (χ0) is 54.0. The van der Waals surface area contributed by atoms with Gasteiger partial charge in [0.15, 0.2) is 5.78 Å².